The summed E-state index contributed by atoms with van der Waals surface area (Å²) in [7, 11) is 0. The minimum absolute atomic E-state index is 0.686. The van der Waals surface area contributed by atoms with Crippen LogP contribution in [0.5, 0.6) is 0 Å². The fourth-order valence-corrected chi connectivity index (χ4v) is 7.12. The van der Waals surface area contributed by atoms with Crippen LogP contribution >= 0.6 is 0 Å². The van der Waals surface area contributed by atoms with Gasteiger partial charge in [0.1, 0.15) is 11.2 Å². The van der Waals surface area contributed by atoms with Gasteiger partial charge >= 0.3 is 0 Å². The molecule has 0 atom stereocenters. The summed E-state index contributed by atoms with van der Waals surface area (Å²) in [6.45, 7) is 0. The zero-order valence-corrected chi connectivity index (χ0v) is 26.3. The van der Waals surface area contributed by atoms with Crippen LogP contribution in [0.4, 0.5) is 0 Å². The van der Waals surface area contributed by atoms with E-state index in [1.807, 2.05) is 36.4 Å². The van der Waals surface area contributed by atoms with Crippen LogP contribution in [-0.2, 0) is 0 Å². The quantitative estimate of drug-likeness (QED) is 0.183. The fourth-order valence-electron chi connectivity index (χ4n) is 7.12. The van der Waals surface area contributed by atoms with Crippen LogP contribution < -0.4 is 0 Å². The summed E-state index contributed by atoms with van der Waals surface area (Å²) in [6, 6.07) is 56.6. The van der Waals surface area contributed by atoms with Crippen molar-refractivity contribution in [3.05, 3.63) is 164 Å². The van der Waals surface area contributed by atoms with Gasteiger partial charge in [0.2, 0.25) is 0 Å². The minimum Gasteiger partial charge on any atom is -0.455 e. The molecule has 0 amide bonds. The molecule has 0 fully saturated rings. The maximum Gasteiger partial charge on any atom is 0.160 e. The van der Waals surface area contributed by atoms with E-state index in [2.05, 4.69) is 127 Å². The van der Waals surface area contributed by atoms with E-state index in [0.29, 0.717) is 5.82 Å². The number of aromatic nitrogens is 3. The maximum atomic E-state index is 6.51. The van der Waals surface area contributed by atoms with Crippen molar-refractivity contribution in [2.45, 2.75) is 0 Å². The number of benzene rings is 7. The molecule has 0 aliphatic rings. The van der Waals surface area contributed by atoms with Crippen molar-refractivity contribution in [1.82, 2.24) is 15.0 Å². The second-order valence-electron chi connectivity index (χ2n) is 12.4. The lowest BCUT2D eigenvalue weighted by Gasteiger charge is -2.12. The number of pyridine rings is 1. The molecule has 4 heteroatoms. The molecule has 0 spiro atoms. The van der Waals surface area contributed by atoms with Gasteiger partial charge in [-0.2, -0.15) is 0 Å². The summed E-state index contributed by atoms with van der Waals surface area (Å²) in [5, 5.41) is 6.47. The van der Waals surface area contributed by atoms with Crippen molar-refractivity contribution in [3.63, 3.8) is 0 Å². The van der Waals surface area contributed by atoms with Crippen LogP contribution in [0.25, 0.3) is 99.5 Å². The number of nitrogens with zero attached hydrogens (tertiary/aromatic N) is 3. The van der Waals surface area contributed by atoms with Crippen LogP contribution in [-0.4, -0.2) is 15.0 Å². The molecular formula is C45H27N3O. The molecule has 10 rings (SSSR count). The Labute approximate surface area is 282 Å². The van der Waals surface area contributed by atoms with E-state index in [0.717, 1.165) is 88.2 Å². The molecule has 0 N–H and O–H groups in total. The summed E-state index contributed by atoms with van der Waals surface area (Å²) < 4.78 is 6.51. The number of fused-ring (bicyclic) bond motifs is 8. The molecule has 49 heavy (non-hydrogen) atoms. The maximum absolute atomic E-state index is 6.51. The first-order valence-electron chi connectivity index (χ1n) is 16.4. The van der Waals surface area contributed by atoms with Crippen molar-refractivity contribution in [1.29, 1.82) is 0 Å². The van der Waals surface area contributed by atoms with E-state index < -0.39 is 0 Å². The first-order valence-corrected chi connectivity index (χ1v) is 16.4. The van der Waals surface area contributed by atoms with Gasteiger partial charge in [-0.3, -0.25) is 0 Å². The SMILES string of the molecule is c1ccc(-c2cccc(-c3nc(-c4ccc(-c5nc6ccccc6c6c5ccc5c7ccccc7oc56)cc4)nc4ccccc34)c2)cc1. The topological polar surface area (TPSA) is 51.8 Å². The summed E-state index contributed by atoms with van der Waals surface area (Å²) >= 11 is 0. The number of furan rings is 1. The second-order valence-corrected chi connectivity index (χ2v) is 12.4. The lowest BCUT2D eigenvalue weighted by molar-refractivity contribution is 0.673. The van der Waals surface area contributed by atoms with Crippen LogP contribution in [0.2, 0.25) is 0 Å². The van der Waals surface area contributed by atoms with Gasteiger partial charge in [-0.1, -0.05) is 133 Å². The molecule has 0 saturated heterocycles. The summed E-state index contributed by atoms with van der Waals surface area (Å²) in [5.74, 6) is 0.686. The van der Waals surface area contributed by atoms with E-state index >= 15 is 0 Å². The highest BCUT2D eigenvalue weighted by Gasteiger charge is 2.18. The fraction of sp³-hybridized carbons (Fsp3) is 0. The zero-order chi connectivity index (χ0) is 32.3. The highest BCUT2D eigenvalue weighted by molar-refractivity contribution is 6.24. The Hall–Kier alpha value is -6.65. The molecule has 0 saturated carbocycles. The third-order valence-corrected chi connectivity index (χ3v) is 9.47. The van der Waals surface area contributed by atoms with Crippen molar-refractivity contribution < 1.29 is 4.42 Å². The van der Waals surface area contributed by atoms with Crippen LogP contribution in [0, 0.1) is 0 Å². The predicted octanol–water partition coefficient (Wildman–Crippen LogP) is 11.9. The van der Waals surface area contributed by atoms with Crippen LogP contribution in [0.1, 0.15) is 0 Å². The van der Waals surface area contributed by atoms with Gasteiger partial charge in [-0.15, -0.1) is 0 Å². The zero-order valence-electron chi connectivity index (χ0n) is 26.3. The van der Waals surface area contributed by atoms with Crippen molar-refractivity contribution in [2.75, 3.05) is 0 Å². The molecule has 0 aliphatic heterocycles. The van der Waals surface area contributed by atoms with Gasteiger partial charge in [0.15, 0.2) is 5.82 Å². The third-order valence-electron chi connectivity index (χ3n) is 9.47. The largest absolute Gasteiger partial charge is 0.455 e. The Bertz CT molecular complexity index is 2870. The van der Waals surface area contributed by atoms with Gasteiger partial charge in [0.25, 0.3) is 0 Å². The molecule has 3 aromatic heterocycles. The first-order chi connectivity index (χ1) is 24.3. The standard InChI is InChI=1S/C45H27N3O/c1-2-11-28(12-3-1)31-13-10-14-32(27-31)43-36-17-5-8-19-39(36)47-45(48-43)30-23-21-29(22-24-30)42-37-26-25-34-33-15-6-9-20-40(33)49-44(34)41(37)35-16-4-7-18-38(35)46-42/h1-27H. The minimum atomic E-state index is 0.686. The van der Waals surface area contributed by atoms with Gasteiger partial charge in [-0.25, -0.2) is 15.0 Å². The van der Waals surface area contributed by atoms with E-state index in [-0.39, 0.29) is 0 Å². The number of rotatable bonds is 4. The Morgan fingerprint density at radius 3 is 1.80 bits per heavy atom. The van der Waals surface area contributed by atoms with Crippen molar-refractivity contribution in [2.24, 2.45) is 0 Å². The number of hydrogen-bond acceptors (Lipinski definition) is 4. The van der Waals surface area contributed by atoms with Crippen molar-refractivity contribution >= 4 is 54.5 Å². The van der Waals surface area contributed by atoms with E-state index in [4.69, 9.17) is 19.4 Å². The van der Waals surface area contributed by atoms with Crippen LogP contribution in [0.3, 0.4) is 0 Å². The molecular weight excluding hydrogens is 599 g/mol. The van der Waals surface area contributed by atoms with Gasteiger partial charge in [-0.05, 0) is 41.5 Å². The molecule has 3 heterocycles. The summed E-state index contributed by atoms with van der Waals surface area (Å²) in [6.07, 6.45) is 0. The average molecular weight is 626 g/mol. The molecule has 0 aliphatic carbocycles. The molecule has 10 aromatic rings. The smallest absolute Gasteiger partial charge is 0.160 e. The Kier molecular flexibility index (Phi) is 6.15. The molecule has 0 radical (unpaired) electrons. The normalized spacial score (nSPS) is 11.7. The average Bonchev–Trinajstić information content (AvgIpc) is 3.56. The van der Waals surface area contributed by atoms with E-state index in [1.165, 1.54) is 5.56 Å². The predicted molar refractivity (Wildman–Crippen MR) is 201 cm³/mol. The van der Waals surface area contributed by atoms with Crippen molar-refractivity contribution in [3.8, 4) is 45.0 Å². The third kappa shape index (κ3) is 4.49. The molecule has 4 nitrogen and oxygen atoms in total. The lowest BCUT2D eigenvalue weighted by Crippen LogP contribution is -1.96. The Balaban J connectivity index is 1.12. The summed E-state index contributed by atoms with van der Waals surface area (Å²) in [4.78, 5) is 15.4. The second kappa shape index (κ2) is 11.0. The van der Waals surface area contributed by atoms with Gasteiger partial charge in [0, 0.05) is 49.0 Å². The van der Waals surface area contributed by atoms with E-state index in [9.17, 15) is 0 Å². The number of para-hydroxylation sites is 3. The molecule has 228 valence electrons. The molecule has 0 bridgehead atoms. The number of hydrogen-bond donors (Lipinski definition) is 0. The van der Waals surface area contributed by atoms with E-state index in [1.54, 1.807) is 0 Å². The Morgan fingerprint density at radius 2 is 0.959 bits per heavy atom. The summed E-state index contributed by atoms with van der Waals surface area (Å²) in [5.41, 5.74) is 10.8. The molecule has 7 aromatic carbocycles. The highest BCUT2D eigenvalue weighted by atomic mass is 16.3. The lowest BCUT2D eigenvalue weighted by atomic mass is 9.97. The Morgan fingerprint density at radius 1 is 0.347 bits per heavy atom. The first kappa shape index (κ1) is 27.5. The van der Waals surface area contributed by atoms with Crippen LogP contribution in [0.15, 0.2) is 168 Å². The van der Waals surface area contributed by atoms with Gasteiger partial charge in [0.05, 0.1) is 22.4 Å². The molecule has 0 unspecified atom stereocenters. The van der Waals surface area contributed by atoms with Gasteiger partial charge < -0.3 is 4.42 Å². The highest BCUT2D eigenvalue weighted by Crippen LogP contribution is 2.41. The monoisotopic (exact) mass is 625 g/mol.